The molecule has 1 amide bonds. The van der Waals surface area contributed by atoms with Crippen molar-refractivity contribution in [2.45, 2.75) is 26.7 Å². The van der Waals surface area contributed by atoms with Crippen molar-refractivity contribution in [2.75, 3.05) is 45.8 Å². The van der Waals surface area contributed by atoms with E-state index >= 15 is 0 Å². The molecule has 1 fully saturated rings. The third kappa shape index (κ3) is 7.45. The second-order valence-corrected chi connectivity index (χ2v) is 5.81. The molecule has 1 aliphatic heterocycles. The van der Waals surface area contributed by atoms with Crippen LogP contribution in [0.5, 0.6) is 0 Å². The van der Waals surface area contributed by atoms with E-state index in [0.29, 0.717) is 19.0 Å². The van der Waals surface area contributed by atoms with Gasteiger partial charge in [0.25, 0.3) is 0 Å². The zero-order valence-corrected chi connectivity index (χ0v) is 12.6. The molecule has 1 saturated heterocycles. The molecule has 20 heavy (non-hydrogen) atoms. The summed E-state index contributed by atoms with van der Waals surface area (Å²) in [5.74, 6) is -0.202. The molecule has 0 aromatic carbocycles. The fraction of sp³-hybridized carbons (Fsp3) is 0.857. The van der Waals surface area contributed by atoms with E-state index < -0.39 is 5.97 Å². The van der Waals surface area contributed by atoms with Gasteiger partial charge in [-0.15, -0.1) is 0 Å². The molecule has 1 aliphatic rings. The van der Waals surface area contributed by atoms with Crippen molar-refractivity contribution in [3.05, 3.63) is 0 Å². The molecule has 0 spiro atoms. The Balaban J connectivity index is 2.25. The van der Waals surface area contributed by atoms with Crippen molar-refractivity contribution < 1.29 is 14.7 Å². The molecule has 0 atom stereocenters. The van der Waals surface area contributed by atoms with E-state index in [-0.39, 0.29) is 12.3 Å². The van der Waals surface area contributed by atoms with Gasteiger partial charge in [-0.2, -0.15) is 0 Å². The van der Waals surface area contributed by atoms with Crippen LogP contribution in [0.3, 0.4) is 0 Å². The molecule has 0 aromatic rings. The zero-order valence-electron chi connectivity index (χ0n) is 12.6. The van der Waals surface area contributed by atoms with Crippen LogP contribution in [0.4, 0.5) is 0 Å². The van der Waals surface area contributed by atoms with E-state index in [1.165, 1.54) is 0 Å². The number of nitrogens with zero attached hydrogens (tertiary/aromatic N) is 2. The topological polar surface area (TPSA) is 72.9 Å². The molecule has 0 aliphatic carbocycles. The number of aliphatic carboxylic acids is 1. The molecule has 2 N–H and O–H groups in total. The Morgan fingerprint density at radius 2 is 1.80 bits per heavy atom. The fourth-order valence-electron chi connectivity index (χ4n) is 2.24. The Bertz CT molecular complexity index is 321. The van der Waals surface area contributed by atoms with Crippen LogP contribution < -0.4 is 5.32 Å². The zero-order chi connectivity index (χ0) is 15.0. The number of amides is 1. The Hall–Kier alpha value is -1.14. The van der Waals surface area contributed by atoms with Crippen LogP contribution in [0, 0.1) is 5.92 Å². The summed E-state index contributed by atoms with van der Waals surface area (Å²) in [5, 5.41) is 11.6. The van der Waals surface area contributed by atoms with Gasteiger partial charge in [0.1, 0.15) is 0 Å². The number of rotatable bonds is 7. The molecule has 6 heteroatoms. The van der Waals surface area contributed by atoms with Crippen LogP contribution in [0.15, 0.2) is 0 Å². The van der Waals surface area contributed by atoms with Crippen molar-refractivity contribution in [3.63, 3.8) is 0 Å². The number of hydrogen-bond acceptors (Lipinski definition) is 4. The van der Waals surface area contributed by atoms with Gasteiger partial charge in [-0.1, -0.05) is 13.8 Å². The lowest BCUT2D eigenvalue weighted by molar-refractivity contribution is -0.137. The van der Waals surface area contributed by atoms with E-state index in [4.69, 9.17) is 5.11 Å². The van der Waals surface area contributed by atoms with E-state index in [2.05, 4.69) is 29.0 Å². The van der Waals surface area contributed by atoms with Gasteiger partial charge in [-0.3, -0.25) is 14.5 Å². The number of carboxylic acids is 1. The standard InChI is InChI=1S/C14H27N3O3/c1-12(2)10-15-13(18)11-17-6-3-5-16(8-9-17)7-4-14(19)20/h12H,3-11H2,1-2H3,(H,15,18)(H,19,20). The first kappa shape index (κ1) is 16.9. The minimum absolute atomic E-state index is 0.0812. The predicted molar refractivity (Wildman–Crippen MR) is 77.6 cm³/mol. The number of hydrogen-bond donors (Lipinski definition) is 2. The van der Waals surface area contributed by atoms with Crippen molar-refractivity contribution in [1.29, 1.82) is 0 Å². The highest BCUT2D eigenvalue weighted by atomic mass is 16.4. The van der Waals surface area contributed by atoms with Crippen LogP contribution in [0.25, 0.3) is 0 Å². The van der Waals surface area contributed by atoms with Gasteiger partial charge in [-0.25, -0.2) is 0 Å². The molecule has 0 saturated carbocycles. The summed E-state index contributed by atoms with van der Waals surface area (Å²) in [6, 6.07) is 0. The number of carboxylic acid groups (broad SMARTS) is 1. The van der Waals surface area contributed by atoms with Crippen LogP contribution in [-0.2, 0) is 9.59 Å². The van der Waals surface area contributed by atoms with Crippen LogP contribution in [0.2, 0.25) is 0 Å². The van der Waals surface area contributed by atoms with E-state index in [0.717, 1.165) is 39.1 Å². The smallest absolute Gasteiger partial charge is 0.304 e. The fourth-order valence-corrected chi connectivity index (χ4v) is 2.24. The number of nitrogens with one attached hydrogen (secondary N) is 1. The Kier molecular flexibility index (Phi) is 7.54. The molecular formula is C14H27N3O3. The van der Waals surface area contributed by atoms with Crippen molar-refractivity contribution >= 4 is 11.9 Å². The summed E-state index contributed by atoms with van der Waals surface area (Å²) in [6.07, 6.45) is 1.17. The molecule has 0 aromatic heterocycles. The minimum Gasteiger partial charge on any atom is -0.481 e. The van der Waals surface area contributed by atoms with E-state index in [1.54, 1.807) is 0 Å². The first-order chi connectivity index (χ1) is 9.47. The summed E-state index contributed by atoms with van der Waals surface area (Å²) in [5.41, 5.74) is 0. The second kappa shape index (κ2) is 8.92. The Labute approximate surface area is 121 Å². The van der Waals surface area contributed by atoms with Gasteiger partial charge in [0, 0.05) is 26.2 Å². The van der Waals surface area contributed by atoms with Gasteiger partial charge in [0.2, 0.25) is 5.91 Å². The predicted octanol–water partition coefficient (Wildman–Crippen LogP) is 0.241. The maximum absolute atomic E-state index is 11.8. The van der Waals surface area contributed by atoms with Crippen LogP contribution in [-0.4, -0.2) is 72.6 Å². The third-order valence-corrected chi connectivity index (χ3v) is 3.40. The Morgan fingerprint density at radius 1 is 1.15 bits per heavy atom. The van der Waals surface area contributed by atoms with Gasteiger partial charge >= 0.3 is 5.97 Å². The van der Waals surface area contributed by atoms with Crippen LogP contribution in [0.1, 0.15) is 26.7 Å². The number of carbonyl (C=O) groups is 2. The average Bonchev–Trinajstić information content (AvgIpc) is 2.59. The lowest BCUT2D eigenvalue weighted by atomic mass is 10.2. The minimum atomic E-state index is -0.751. The summed E-state index contributed by atoms with van der Waals surface area (Å²) in [6.45, 7) is 9.40. The Morgan fingerprint density at radius 3 is 2.45 bits per heavy atom. The van der Waals surface area contributed by atoms with Crippen molar-refractivity contribution in [3.8, 4) is 0 Å². The first-order valence-corrected chi connectivity index (χ1v) is 7.40. The quantitative estimate of drug-likeness (QED) is 0.701. The summed E-state index contributed by atoms with van der Waals surface area (Å²) < 4.78 is 0. The largest absolute Gasteiger partial charge is 0.481 e. The monoisotopic (exact) mass is 285 g/mol. The third-order valence-electron chi connectivity index (χ3n) is 3.40. The van der Waals surface area contributed by atoms with Crippen molar-refractivity contribution in [2.24, 2.45) is 5.92 Å². The van der Waals surface area contributed by atoms with E-state index in [1.807, 2.05) is 0 Å². The lowest BCUT2D eigenvalue weighted by Gasteiger charge is -2.21. The summed E-state index contributed by atoms with van der Waals surface area (Å²) in [7, 11) is 0. The van der Waals surface area contributed by atoms with Gasteiger partial charge in [0.05, 0.1) is 13.0 Å². The molecule has 1 rings (SSSR count). The van der Waals surface area contributed by atoms with Gasteiger partial charge in [0.15, 0.2) is 0 Å². The molecule has 0 unspecified atom stereocenters. The molecule has 116 valence electrons. The molecular weight excluding hydrogens is 258 g/mol. The summed E-state index contributed by atoms with van der Waals surface area (Å²) in [4.78, 5) is 26.7. The SMILES string of the molecule is CC(C)CNC(=O)CN1CCCN(CCC(=O)O)CC1. The highest BCUT2D eigenvalue weighted by Crippen LogP contribution is 2.03. The van der Waals surface area contributed by atoms with E-state index in [9.17, 15) is 9.59 Å². The highest BCUT2D eigenvalue weighted by Gasteiger charge is 2.17. The highest BCUT2D eigenvalue weighted by molar-refractivity contribution is 5.78. The normalized spacial score (nSPS) is 17.9. The van der Waals surface area contributed by atoms with Gasteiger partial charge < -0.3 is 15.3 Å². The molecule has 0 bridgehead atoms. The first-order valence-electron chi connectivity index (χ1n) is 7.40. The van der Waals surface area contributed by atoms with Crippen LogP contribution >= 0.6 is 0 Å². The second-order valence-electron chi connectivity index (χ2n) is 5.81. The maximum atomic E-state index is 11.8. The molecule has 6 nitrogen and oxygen atoms in total. The average molecular weight is 285 g/mol. The maximum Gasteiger partial charge on any atom is 0.304 e. The van der Waals surface area contributed by atoms with Crippen molar-refractivity contribution in [1.82, 2.24) is 15.1 Å². The molecule has 0 radical (unpaired) electrons. The lowest BCUT2D eigenvalue weighted by Crippen LogP contribution is -2.40. The summed E-state index contributed by atoms with van der Waals surface area (Å²) >= 11 is 0. The molecule has 1 heterocycles. The number of carbonyl (C=O) groups excluding carboxylic acids is 1. The van der Waals surface area contributed by atoms with Gasteiger partial charge in [-0.05, 0) is 25.4 Å².